The lowest BCUT2D eigenvalue weighted by Crippen LogP contribution is -2.52. The van der Waals surface area contributed by atoms with Crippen LogP contribution in [-0.4, -0.2) is 31.9 Å². The minimum Gasteiger partial charge on any atom is -0.496 e. The van der Waals surface area contributed by atoms with Gasteiger partial charge in [0.2, 0.25) is 5.78 Å². The van der Waals surface area contributed by atoms with E-state index in [1.807, 2.05) is 13.8 Å². The highest BCUT2D eigenvalue weighted by molar-refractivity contribution is 6.46. The van der Waals surface area contributed by atoms with Gasteiger partial charge in [0.15, 0.2) is 0 Å². The lowest BCUT2D eigenvalue weighted by Gasteiger charge is -2.42. The predicted octanol–water partition coefficient (Wildman–Crippen LogP) is 3.37. The molecular formula is C21H22O5. The molecule has 0 radical (unpaired) electrons. The van der Waals surface area contributed by atoms with Crippen LogP contribution in [0.4, 0.5) is 0 Å². The summed E-state index contributed by atoms with van der Waals surface area (Å²) in [6.07, 6.45) is 0. The van der Waals surface area contributed by atoms with Gasteiger partial charge < -0.3 is 14.2 Å². The maximum absolute atomic E-state index is 13.2. The van der Waals surface area contributed by atoms with E-state index in [0.717, 1.165) is 0 Å². The van der Waals surface area contributed by atoms with Crippen LogP contribution in [0.2, 0.25) is 0 Å². The van der Waals surface area contributed by atoms with Crippen molar-refractivity contribution in [3.63, 3.8) is 0 Å². The fourth-order valence-corrected chi connectivity index (χ4v) is 2.87. The number of carbonyl (C=O) groups is 2. The Kier molecular flexibility index (Phi) is 4.94. The smallest absolute Gasteiger partial charge is 0.268 e. The first kappa shape index (κ1) is 18.3. The molecule has 1 saturated heterocycles. The third kappa shape index (κ3) is 3.28. The van der Waals surface area contributed by atoms with Crippen LogP contribution in [0.5, 0.6) is 5.75 Å². The number of Topliss-reactive ketones (excluding diaryl/α,β-unsaturated/α-hetero) is 2. The summed E-state index contributed by atoms with van der Waals surface area (Å²) in [5, 5.41) is 0. The average molecular weight is 354 g/mol. The molecule has 3 rings (SSSR count). The zero-order valence-electron chi connectivity index (χ0n) is 15.2. The molecule has 0 spiro atoms. The van der Waals surface area contributed by atoms with Crippen molar-refractivity contribution in [3.8, 4) is 5.75 Å². The zero-order chi connectivity index (χ0) is 18.8. The van der Waals surface area contributed by atoms with Crippen molar-refractivity contribution in [1.29, 1.82) is 0 Å². The molecule has 1 aliphatic rings. The molecule has 0 aliphatic carbocycles. The molecule has 1 heterocycles. The standard InChI is InChI=1S/C21H22O5/c1-20(2)13-25-21(26-14-20,16-11-7-8-12-17(16)24-3)19(23)18(22)15-9-5-4-6-10-15/h4-12H,13-14H2,1-3H3. The molecular weight excluding hydrogens is 332 g/mol. The summed E-state index contributed by atoms with van der Waals surface area (Å²) in [7, 11) is 1.50. The summed E-state index contributed by atoms with van der Waals surface area (Å²) < 4.78 is 17.3. The minimum absolute atomic E-state index is 0.262. The fourth-order valence-electron chi connectivity index (χ4n) is 2.87. The van der Waals surface area contributed by atoms with Crippen LogP contribution in [0.15, 0.2) is 54.6 Å². The summed E-state index contributed by atoms with van der Waals surface area (Å²) >= 11 is 0. The van der Waals surface area contributed by atoms with Crippen molar-refractivity contribution in [2.24, 2.45) is 5.41 Å². The van der Waals surface area contributed by atoms with Crippen LogP contribution in [0, 0.1) is 5.41 Å². The molecule has 2 aromatic carbocycles. The van der Waals surface area contributed by atoms with Gasteiger partial charge in [0.1, 0.15) is 5.75 Å². The molecule has 26 heavy (non-hydrogen) atoms. The Morgan fingerprint density at radius 2 is 1.50 bits per heavy atom. The van der Waals surface area contributed by atoms with Crippen LogP contribution in [0.3, 0.4) is 0 Å². The highest BCUT2D eigenvalue weighted by atomic mass is 16.7. The minimum atomic E-state index is -1.81. The van der Waals surface area contributed by atoms with E-state index in [-0.39, 0.29) is 18.6 Å². The van der Waals surface area contributed by atoms with E-state index in [2.05, 4.69) is 0 Å². The second-order valence-electron chi connectivity index (χ2n) is 7.08. The maximum Gasteiger partial charge on any atom is 0.268 e. The molecule has 0 bridgehead atoms. The first-order chi connectivity index (χ1) is 12.4. The SMILES string of the molecule is COc1ccccc1C1(C(=O)C(=O)c2ccccc2)OCC(C)(C)CO1. The van der Waals surface area contributed by atoms with Crippen LogP contribution in [0.1, 0.15) is 29.8 Å². The van der Waals surface area contributed by atoms with Crippen molar-refractivity contribution in [3.05, 3.63) is 65.7 Å². The Bertz CT molecular complexity index is 800. The third-order valence-corrected chi connectivity index (χ3v) is 4.34. The molecule has 5 heteroatoms. The van der Waals surface area contributed by atoms with E-state index in [0.29, 0.717) is 16.9 Å². The molecule has 0 aromatic heterocycles. The van der Waals surface area contributed by atoms with Crippen LogP contribution >= 0.6 is 0 Å². The number of ketones is 2. The Morgan fingerprint density at radius 3 is 2.12 bits per heavy atom. The number of rotatable bonds is 5. The molecule has 1 aliphatic heterocycles. The molecule has 0 saturated carbocycles. The molecule has 2 aromatic rings. The number of para-hydroxylation sites is 1. The lowest BCUT2D eigenvalue weighted by molar-refractivity contribution is -0.286. The Hall–Kier alpha value is -2.50. The number of hydrogen-bond acceptors (Lipinski definition) is 5. The molecule has 0 amide bonds. The van der Waals surface area contributed by atoms with Gasteiger partial charge in [-0.2, -0.15) is 0 Å². The van der Waals surface area contributed by atoms with Crippen molar-refractivity contribution in [2.45, 2.75) is 19.6 Å². The molecule has 0 unspecified atom stereocenters. The predicted molar refractivity (Wildman–Crippen MR) is 96.1 cm³/mol. The summed E-state index contributed by atoms with van der Waals surface area (Å²) in [5.74, 6) is -2.80. The molecule has 5 nitrogen and oxygen atoms in total. The number of ether oxygens (including phenoxy) is 3. The Morgan fingerprint density at radius 1 is 0.923 bits per heavy atom. The fraction of sp³-hybridized carbons (Fsp3) is 0.333. The summed E-state index contributed by atoms with van der Waals surface area (Å²) in [6.45, 7) is 4.50. The largest absolute Gasteiger partial charge is 0.496 e. The molecule has 1 fully saturated rings. The van der Waals surface area contributed by atoms with Crippen LogP contribution in [0.25, 0.3) is 0 Å². The topological polar surface area (TPSA) is 61.8 Å². The molecule has 136 valence electrons. The Labute approximate surface area is 152 Å². The van der Waals surface area contributed by atoms with E-state index in [9.17, 15) is 9.59 Å². The number of hydrogen-bond donors (Lipinski definition) is 0. The van der Waals surface area contributed by atoms with Gasteiger partial charge in [0, 0.05) is 11.0 Å². The van der Waals surface area contributed by atoms with Crippen molar-refractivity contribution >= 4 is 11.6 Å². The average Bonchev–Trinajstić information content (AvgIpc) is 2.68. The van der Waals surface area contributed by atoms with E-state index >= 15 is 0 Å². The molecule has 0 N–H and O–H groups in total. The van der Waals surface area contributed by atoms with Crippen molar-refractivity contribution < 1.29 is 23.8 Å². The van der Waals surface area contributed by atoms with Gasteiger partial charge in [0.05, 0.1) is 25.9 Å². The summed E-state index contributed by atoms with van der Waals surface area (Å²) in [6, 6.07) is 15.3. The van der Waals surface area contributed by atoms with Gasteiger partial charge in [-0.3, -0.25) is 9.59 Å². The van der Waals surface area contributed by atoms with Gasteiger partial charge in [-0.15, -0.1) is 0 Å². The monoisotopic (exact) mass is 354 g/mol. The van der Waals surface area contributed by atoms with Gasteiger partial charge in [-0.25, -0.2) is 0 Å². The van der Waals surface area contributed by atoms with Crippen molar-refractivity contribution in [1.82, 2.24) is 0 Å². The van der Waals surface area contributed by atoms with Gasteiger partial charge in [-0.1, -0.05) is 56.3 Å². The Balaban J connectivity index is 2.07. The quantitative estimate of drug-likeness (QED) is 0.608. The van der Waals surface area contributed by atoms with Gasteiger partial charge >= 0.3 is 0 Å². The first-order valence-electron chi connectivity index (χ1n) is 8.45. The van der Waals surface area contributed by atoms with E-state index in [1.54, 1.807) is 54.6 Å². The van der Waals surface area contributed by atoms with Gasteiger partial charge in [-0.05, 0) is 12.1 Å². The summed E-state index contributed by atoms with van der Waals surface area (Å²) in [4.78, 5) is 26.1. The van der Waals surface area contributed by atoms with Crippen molar-refractivity contribution in [2.75, 3.05) is 20.3 Å². The summed E-state index contributed by atoms with van der Waals surface area (Å²) in [5.41, 5.74) is 0.429. The normalized spacial score (nSPS) is 18.1. The maximum atomic E-state index is 13.2. The zero-order valence-corrected chi connectivity index (χ0v) is 15.2. The van der Waals surface area contributed by atoms with E-state index in [4.69, 9.17) is 14.2 Å². The van der Waals surface area contributed by atoms with E-state index in [1.165, 1.54) is 7.11 Å². The lowest BCUT2D eigenvalue weighted by atomic mass is 9.89. The number of benzene rings is 2. The first-order valence-corrected chi connectivity index (χ1v) is 8.45. The van der Waals surface area contributed by atoms with Crippen LogP contribution in [-0.2, 0) is 20.1 Å². The second-order valence-corrected chi connectivity index (χ2v) is 7.08. The van der Waals surface area contributed by atoms with E-state index < -0.39 is 17.4 Å². The second kappa shape index (κ2) is 7.02. The molecule has 0 atom stereocenters. The third-order valence-electron chi connectivity index (χ3n) is 4.34. The number of carbonyl (C=O) groups excluding carboxylic acids is 2. The highest BCUT2D eigenvalue weighted by Crippen LogP contribution is 2.41. The number of methoxy groups -OCH3 is 1. The van der Waals surface area contributed by atoms with Crippen LogP contribution < -0.4 is 4.74 Å². The van der Waals surface area contributed by atoms with Gasteiger partial charge in [0.25, 0.3) is 11.6 Å². The highest BCUT2D eigenvalue weighted by Gasteiger charge is 2.52.